The monoisotopic (exact) mass is 271 g/mol. The average Bonchev–Trinajstić information content (AvgIpc) is 2.26. The highest BCUT2D eigenvalue weighted by molar-refractivity contribution is 9.08. The third kappa shape index (κ3) is 2.62. The van der Waals surface area contributed by atoms with Crippen molar-refractivity contribution in [1.29, 1.82) is 0 Å². The first-order valence-corrected chi connectivity index (χ1v) is 5.50. The van der Waals surface area contributed by atoms with Gasteiger partial charge in [0.2, 0.25) is 0 Å². The van der Waals surface area contributed by atoms with Crippen LogP contribution in [-0.4, -0.2) is 11.2 Å². The second-order valence-corrected chi connectivity index (χ2v) is 3.76. The van der Waals surface area contributed by atoms with Crippen molar-refractivity contribution < 1.29 is 9.72 Å². The van der Waals surface area contributed by atoms with Crippen LogP contribution in [0.2, 0.25) is 0 Å². The summed E-state index contributed by atoms with van der Waals surface area (Å²) in [7, 11) is 0. The molecule has 1 aromatic rings. The number of alkyl halides is 1. The fourth-order valence-corrected chi connectivity index (χ4v) is 1.70. The summed E-state index contributed by atoms with van der Waals surface area (Å²) in [6, 6.07) is 4.74. The smallest absolute Gasteiger partial charge is 0.273 e. The van der Waals surface area contributed by atoms with E-state index in [1.54, 1.807) is 19.1 Å². The number of hydrogen-bond donors (Lipinski definition) is 0. The zero-order valence-corrected chi connectivity index (χ0v) is 9.73. The van der Waals surface area contributed by atoms with Gasteiger partial charge in [-0.2, -0.15) is 0 Å². The van der Waals surface area contributed by atoms with Crippen LogP contribution in [0.5, 0.6) is 0 Å². The molecule has 1 atom stereocenters. The summed E-state index contributed by atoms with van der Waals surface area (Å²) >= 11 is 3.19. The molecule has 1 rings (SSSR count). The number of carbonyl (C=O) groups is 1. The van der Waals surface area contributed by atoms with Gasteiger partial charge in [-0.25, -0.2) is 0 Å². The van der Waals surface area contributed by atoms with E-state index in [0.29, 0.717) is 10.9 Å². The minimum atomic E-state index is -0.425. The molecule has 80 valence electrons. The molecule has 0 heterocycles. The third-order valence-electron chi connectivity index (χ3n) is 2.17. The molecule has 0 fully saturated rings. The molecule has 0 amide bonds. The van der Waals surface area contributed by atoms with Gasteiger partial charge >= 0.3 is 0 Å². The zero-order chi connectivity index (χ0) is 11.4. The van der Waals surface area contributed by atoms with Crippen LogP contribution in [0.15, 0.2) is 18.2 Å². The molecule has 0 spiro atoms. The summed E-state index contributed by atoms with van der Waals surface area (Å²) in [5.74, 6) is -0.233. The highest BCUT2D eigenvalue weighted by Gasteiger charge is 2.14. The molecule has 4 nitrogen and oxygen atoms in total. The minimum Gasteiger partial charge on any atom is -0.303 e. The second-order valence-electron chi connectivity index (χ2n) is 3.20. The van der Waals surface area contributed by atoms with Crippen LogP contribution in [0.1, 0.15) is 24.0 Å². The lowest BCUT2D eigenvalue weighted by Gasteiger charge is -2.06. The van der Waals surface area contributed by atoms with Gasteiger partial charge in [0.25, 0.3) is 5.69 Å². The van der Waals surface area contributed by atoms with E-state index in [2.05, 4.69) is 15.9 Å². The summed E-state index contributed by atoms with van der Waals surface area (Å²) in [5, 5.41) is 11.1. The number of nitro benzene ring substituents is 1. The van der Waals surface area contributed by atoms with Gasteiger partial charge < -0.3 is 4.79 Å². The Hall–Kier alpha value is -1.23. The van der Waals surface area contributed by atoms with E-state index in [4.69, 9.17) is 0 Å². The van der Waals surface area contributed by atoms with Gasteiger partial charge in [0.05, 0.1) is 4.92 Å². The molecular weight excluding hydrogens is 262 g/mol. The second kappa shape index (κ2) is 5.02. The number of nitro groups is 1. The van der Waals surface area contributed by atoms with Crippen molar-refractivity contribution >= 4 is 27.9 Å². The lowest BCUT2D eigenvalue weighted by Crippen LogP contribution is -1.99. The molecule has 0 aliphatic rings. The molecule has 0 bridgehead atoms. The maximum Gasteiger partial charge on any atom is 0.273 e. The zero-order valence-electron chi connectivity index (χ0n) is 8.14. The number of carbonyl (C=O) groups excluding carboxylic acids is 1. The molecule has 0 aromatic heterocycles. The number of halogens is 1. The molecule has 0 saturated carbocycles. The van der Waals surface area contributed by atoms with Crippen molar-refractivity contribution in [2.45, 2.75) is 18.2 Å². The molecule has 1 unspecified atom stereocenters. The van der Waals surface area contributed by atoms with Crippen LogP contribution >= 0.6 is 15.9 Å². The predicted molar refractivity (Wildman–Crippen MR) is 60.2 cm³/mol. The molecular formula is C10H10BrNO3. The molecule has 15 heavy (non-hydrogen) atoms. The lowest BCUT2D eigenvalue weighted by molar-refractivity contribution is -0.385. The summed E-state index contributed by atoms with van der Waals surface area (Å²) < 4.78 is 0. The Balaban J connectivity index is 3.18. The number of hydrogen-bond acceptors (Lipinski definition) is 3. The van der Waals surface area contributed by atoms with E-state index in [1.807, 2.05) is 0 Å². The Labute approximate surface area is 95.6 Å². The van der Waals surface area contributed by atoms with Gasteiger partial charge in [0.1, 0.15) is 6.29 Å². The highest BCUT2D eigenvalue weighted by Crippen LogP contribution is 2.25. The number of aldehydes is 1. The molecule has 5 heteroatoms. The summed E-state index contributed by atoms with van der Waals surface area (Å²) in [6.07, 6.45) is 0.819. The fraction of sp³-hybridized carbons (Fsp3) is 0.300. The molecule has 0 N–H and O–H groups in total. The third-order valence-corrected chi connectivity index (χ3v) is 2.78. The van der Waals surface area contributed by atoms with E-state index in [-0.39, 0.29) is 11.6 Å². The molecule has 1 aromatic carbocycles. The van der Waals surface area contributed by atoms with Gasteiger partial charge in [-0.3, -0.25) is 10.1 Å². The Morgan fingerprint density at radius 3 is 2.73 bits per heavy atom. The van der Waals surface area contributed by atoms with E-state index < -0.39 is 4.92 Å². The van der Waals surface area contributed by atoms with Crippen LogP contribution in [0, 0.1) is 10.1 Å². The minimum absolute atomic E-state index is 0.0775. The largest absolute Gasteiger partial charge is 0.303 e. The number of rotatable bonds is 4. The first kappa shape index (κ1) is 11.8. The summed E-state index contributed by atoms with van der Waals surface area (Å²) in [4.78, 5) is 20.8. The van der Waals surface area contributed by atoms with Crippen molar-refractivity contribution in [1.82, 2.24) is 0 Å². The van der Waals surface area contributed by atoms with Gasteiger partial charge in [0, 0.05) is 22.9 Å². The average molecular weight is 272 g/mol. The molecule has 0 radical (unpaired) electrons. The Bertz CT molecular complexity index is 392. The summed E-state index contributed by atoms with van der Waals surface area (Å²) in [6.45, 7) is 1.76. The topological polar surface area (TPSA) is 60.2 Å². The standard InChI is InChI=1S/C10H10BrNO3/c1-7(6-13)8-2-3-10(12(14)15)9(4-8)5-11/h2-4,6-7H,5H2,1H3. The maximum atomic E-state index is 10.6. The van der Waals surface area contributed by atoms with Crippen LogP contribution in [-0.2, 0) is 10.1 Å². The number of nitrogens with zero attached hydrogens (tertiary/aromatic N) is 1. The van der Waals surface area contributed by atoms with Crippen LogP contribution in [0.3, 0.4) is 0 Å². The fourth-order valence-electron chi connectivity index (χ4n) is 1.25. The Morgan fingerprint density at radius 1 is 1.60 bits per heavy atom. The molecule has 0 aliphatic heterocycles. The molecule has 0 aliphatic carbocycles. The predicted octanol–water partition coefficient (Wildman–Crippen LogP) is 2.79. The van der Waals surface area contributed by atoms with Crippen molar-refractivity contribution in [3.63, 3.8) is 0 Å². The van der Waals surface area contributed by atoms with E-state index in [1.165, 1.54) is 6.07 Å². The SMILES string of the molecule is CC(C=O)c1ccc([N+](=O)[O-])c(CBr)c1. The first-order valence-electron chi connectivity index (χ1n) is 4.38. The van der Waals surface area contributed by atoms with E-state index in [9.17, 15) is 14.9 Å². The maximum absolute atomic E-state index is 10.6. The normalized spacial score (nSPS) is 12.1. The van der Waals surface area contributed by atoms with Crippen LogP contribution in [0.25, 0.3) is 0 Å². The van der Waals surface area contributed by atoms with Gasteiger partial charge in [-0.15, -0.1) is 0 Å². The summed E-state index contributed by atoms with van der Waals surface area (Å²) in [5.41, 5.74) is 1.46. The van der Waals surface area contributed by atoms with Crippen molar-refractivity contribution in [3.05, 3.63) is 39.4 Å². The van der Waals surface area contributed by atoms with Crippen molar-refractivity contribution in [2.75, 3.05) is 0 Å². The van der Waals surface area contributed by atoms with Gasteiger partial charge in [0.15, 0.2) is 0 Å². The van der Waals surface area contributed by atoms with Crippen molar-refractivity contribution in [3.8, 4) is 0 Å². The highest BCUT2D eigenvalue weighted by atomic mass is 79.9. The van der Waals surface area contributed by atoms with E-state index >= 15 is 0 Å². The van der Waals surface area contributed by atoms with Crippen LogP contribution in [0.4, 0.5) is 5.69 Å². The van der Waals surface area contributed by atoms with E-state index in [0.717, 1.165) is 11.8 Å². The quantitative estimate of drug-likeness (QED) is 0.366. The first-order chi connectivity index (χ1) is 7.10. The molecule has 0 saturated heterocycles. The number of benzene rings is 1. The van der Waals surface area contributed by atoms with Crippen LogP contribution < -0.4 is 0 Å². The Morgan fingerprint density at radius 2 is 2.27 bits per heavy atom. The van der Waals surface area contributed by atoms with Crippen molar-refractivity contribution in [2.24, 2.45) is 0 Å². The Kier molecular flexibility index (Phi) is 3.96. The van der Waals surface area contributed by atoms with Gasteiger partial charge in [-0.1, -0.05) is 28.9 Å². The lowest BCUT2D eigenvalue weighted by atomic mass is 10.00. The van der Waals surface area contributed by atoms with Gasteiger partial charge in [-0.05, 0) is 11.6 Å².